The van der Waals surface area contributed by atoms with Crippen molar-refractivity contribution in [2.24, 2.45) is 0 Å². The molecule has 3 rings (SSSR count). The molecule has 0 aliphatic rings. The number of rotatable bonds is 4. The minimum Gasteiger partial charge on any atom is -0.267 e. The van der Waals surface area contributed by atoms with Crippen molar-refractivity contribution in [3.63, 3.8) is 0 Å². The van der Waals surface area contributed by atoms with E-state index in [1.54, 1.807) is 0 Å². The van der Waals surface area contributed by atoms with Crippen molar-refractivity contribution in [1.29, 1.82) is 0 Å². The van der Waals surface area contributed by atoms with Crippen molar-refractivity contribution < 1.29 is 4.79 Å². The molecule has 1 amide bonds. The van der Waals surface area contributed by atoms with E-state index < -0.39 is 0 Å². The van der Waals surface area contributed by atoms with Crippen LogP contribution >= 0.6 is 0 Å². The Morgan fingerprint density at radius 1 is 0.909 bits per heavy atom. The van der Waals surface area contributed by atoms with Crippen molar-refractivity contribution in [1.82, 2.24) is 14.9 Å². The van der Waals surface area contributed by atoms with Crippen LogP contribution in [0.3, 0.4) is 0 Å². The lowest BCUT2D eigenvalue weighted by Crippen LogP contribution is -2.22. The molecule has 2 aromatic carbocycles. The maximum Gasteiger partial charge on any atom is 0.270 e. The summed E-state index contributed by atoms with van der Waals surface area (Å²) in [5.41, 5.74) is 5.10. The van der Waals surface area contributed by atoms with Crippen LogP contribution < -0.4 is 5.43 Å². The van der Waals surface area contributed by atoms with Gasteiger partial charge in [0.15, 0.2) is 0 Å². The summed E-state index contributed by atoms with van der Waals surface area (Å²) in [7, 11) is 0. The Morgan fingerprint density at radius 3 is 2.14 bits per heavy atom. The SMILES string of the molecule is O=C(Nn1cnnc1)C(=Cc1ccccc1)c1ccccc1. The van der Waals surface area contributed by atoms with E-state index in [2.05, 4.69) is 15.6 Å². The van der Waals surface area contributed by atoms with E-state index in [1.165, 1.54) is 17.3 Å². The van der Waals surface area contributed by atoms with Crippen molar-refractivity contribution in [2.45, 2.75) is 0 Å². The van der Waals surface area contributed by atoms with Gasteiger partial charge < -0.3 is 0 Å². The third kappa shape index (κ3) is 3.27. The first-order valence-electron chi connectivity index (χ1n) is 6.81. The number of hydrogen-bond acceptors (Lipinski definition) is 3. The second-order valence-electron chi connectivity index (χ2n) is 4.64. The fourth-order valence-electron chi connectivity index (χ4n) is 2.05. The molecule has 0 unspecified atom stereocenters. The number of carbonyl (C=O) groups is 1. The average molecular weight is 290 g/mol. The van der Waals surface area contributed by atoms with Crippen LogP contribution in [-0.4, -0.2) is 20.8 Å². The highest BCUT2D eigenvalue weighted by atomic mass is 16.2. The van der Waals surface area contributed by atoms with Gasteiger partial charge in [-0.2, -0.15) is 0 Å². The van der Waals surface area contributed by atoms with Gasteiger partial charge in [-0.05, 0) is 17.2 Å². The molecule has 108 valence electrons. The molecule has 0 saturated heterocycles. The Bertz CT molecular complexity index is 765. The Labute approximate surface area is 127 Å². The van der Waals surface area contributed by atoms with Gasteiger partial charge in [-0.3, -0.25) is 10.2 Å². The lowest BCUT2D eigenvalue weighted by molar-refractivity contribution is -0.111. The first-order valence-corrected chi connectivity index (χ1v) is 6.81. The Hall–Kier alpha value is -3.21. The van der Waals surface area contributed by atoms with Crippen LogP contribution in [0.25, 0.3) is 11.6 Å². The molecule has 5 nitrogen and oxygen atoms in total. The van der Waals surface area contributed by atoms with E-state index >= 15 is 0 Å². The van der Waals surface area contributed by atoms with Crippen LogP contribution in [0.2, 0.25) is 0 Å². The molecular weight excluding hydrogens is 276 g/mol. The number of amides is 1. The summed E-state index contributed by atoms with van der Waals surface area (Å²) in [6.07, 6.45) is 4.72. The zero-order valence-electron chi connectivity index (χ0n) is 11.8. The molecular formula is C17H14N4O. The van der Waals surface area contributed by atoms with E-state index in [9.17, 15) is 4.79 Å². The van der Waals surface area contributed by atoms with E-state index in [-0.39, 0.29) is 5.91 Å². The van der Waals surface area contributed by atoms with Crippen LogP contribution in [0.1, 0.15) is 11.1 Å². The highest BCUT2D eigenvalue weighted by Gasteiger charge is 2.12. The Balaban J connectivity index is 1.96. The predicted octanol–water partition coefficient (Wildman–Crippen LogP) is 2.59. The van der Waals surface area contributed by atoms with Crippen LogP contribution in [0.4, 0.5) is 0 Å². The fourth-order valence-corrected chi connectivity index (χ4v) is 2.05. The van der Waals surface area contributed by atoms with E-state index in [4.69, 9.17) is 0 Å². The second-order valence-corrected chi connectivity index (χ2v) is 4.64. The van der Waals surface area contributed by atoms with Gasteiger partial charge in [0.2, 0.25) is 0 Å². The number of nitrogens with one attached hydrogen (secondary N) is 1. The molecule has 3 aromatic rings. The van der Waals surface area contributed by atoms with Crippen LogP contribution in [0.5, 0.6) is 0 Å². The van der Waals surface area contributed by atoms with Gasteiger partial charge in [0.05, 0.1) is 0 Å². The summed E-state index contributed by atoms with van der Waals surface area (Å²) in [6.45, 7) is 0. The van der Waals surface area contributed by atoms with Gasteiger partial charge in [-0.1, -0.05) is 60.7 Å². The molecule has 0 radical (unpaired) electrons. The van der Waals surface area contributed by atoms with Crippen LogP contribution in [0.15, 0.2) is 73.3 Å². The monoisotopic (exact) mass is 290 g/mol. The quantitative estimate of drug-likeness (QED) is 0.593. The number of carbonyl (C=O) groups excluding carboxylic acids is 1. The van der Waals surface area contributed by atoms with E-state index in [1.807, 2.05) is 66.7 Å². The summed E-state index contributed by atoms with van der Waals surface area (Å²) in [4.78, 5) is 12.6. The van der Waals surface area contributed by atoms with E-state index in [0.29, 0.717) is 5.57 Å². The third-order valence-electron chi connectivity index (χ3n) is 3.09. The number of aromatic nitrogens is 3. The maximum atomic E-state index is 12.6. The number of benzene rings is 2. The average Bonchev–Trinajstić information content (AvgIpc) is 3.07. The number of hydrogen-bond donors (Lipinski definition) is 1. The molecule has 0 bridgehead atoms. The Kier molecular flexibility index (Phi) is 4.06. The van der Waals surface area contributed by atoms with Gasteiger partial charge >= 0.3 is 0 Å². The summed E-state index contributed by atoms with van der Waals surface area (Å²) in [5, 5.41) is 7.34. The Morgan fingerprint density at radius 2 is 1.50 bits per heavy atom. The van der Waals surface area contributed by atoms with Gasteiger partial charge in [-0.25, -0.2) is 4.68 Å². The molecule has 1 heterocycles. The predicted molar refractivity (Wildman–Crippen MR) is 85.1 cm³/mol. The maximum absolute atomic E-state index is 12.6. The first kappa shape index (κ1) is 13.8. The largest absolute Gasteiger partial charge is 0.270 e. The zero-order valence-corrected chi connectivity index (χ0v) is 11.8. The van der Waals surface area contributed by atoms with E-state index in [0.717, 1.165) is 11.1 Å². The summed E-state index contributed by atoms with van der Waals surface area (Å²) in [6, 6.07) is 19.3. The van der Waals surface area contributed by atoms with Crippen LogP contribution in [0, 0.1) is 0 Å². The molecule has 1 aromatic heterocycles. The van der Waals surface area contributed by atoms with Gasteiger partial charge in [0, 0.05) is 5.57 Å². The molecule has 0 aliphatic carbocycles. The second kappa shape index (κ2) is 6.49. The molecule has 22 heavy (non-hydrogen) atoms. The molecule has 0 atom stereocenters. The third-order valence-corrected chi connectivity index (χ3v) is 3.09. The smallest absolute Gasteiger partial charge is 0.267 e. The summed E-state index contributed by atoms with van der Waals surface area (Å²) < 4.78 is 1.42. The fraction of sp³-hybridized carbons (Fsp3) is 0. The number of nitrogens with zero attached hydrogens (tertiary/aromatic N) is 3. The molecule has 0 fully saturated rings. The minimum absolute atomic E-state index is 0.227. The first-order chi connectivity index (χ1) is 10.8. The lowest BCUT2D eigenvalue weighted by Gasteiger charge is -2.09. The van der Waals surface area contributed by atoms with Crippen molar-refractivity contribution in [3.8, 4) is 0 Å². The lowest BCUT2D eigenvalue weighted by atomic mass is 10.0. The van der Waals surface area contributed by atoms with Crippen molar-refractivity contribution in [2.75, 3.05) is 5.43 Å². The molecule has 0 saturated carbocycles. The highest BCUT2D eigenvalue weighted by molar-refractivity contribution is 6.27. The van der Waals surface area contributed by atoms with Gasteiger partial charge in [-0.15, -0.1) is 10.2 Å². The standard InChI is InChI=1S/C17H14N4O/c22-17(20-21-12-18-19-13-21)16(15-9-5-2-6-10-15)11-14-7-3-1-4-8-14/h1-13H,(H,20,22). The van der Waals surface area contributed by atoms with Gasteiger partial charge in [0.25, 0.3) is 5.91 Å². The van der Waals surface area contributed by atoms with Crippen molar-refractivity contribution >= 4 is 17.6 Å². The van der Waals surface area contributed by atoms with Crippen LogP contribution in [-0.2, 0) is 4.79 Å². The summed E-state index contributed by atoms with van der Waals surface area (Å²) >= 11 is 0. The highest BCUT2D eigenvalue weighted by Crippen LogP contribution is 2.18. The zero-order chi connectivity index (χ0) is 15.2. The molecule has 0 aliphatic heterocycles. The van der Waals surface area contributed by atoms with Crippen molar-refractivity contribution in [3.05, 3.63) is 84.4 Å². The minimum atomic E-state index is -0.227. The normalized spacial score (nSPS) is 11.2. The van der Waals surface area contributed by atoms with Gasteiger partial charge in [0.1, 0.15) is 12.7 Å². The molecule has 1 N–H and O–H groups in total. The topological polar surface area (TPSA) is 59.8 Å². The summed E-state index contributed by atoms with van der Waals surface area (Å²) in [5.74, 6) is -0.227. The molecule has 5 heteroatoms. The molecule has 0 spiro atoms.